The molecule has 268 valence electrons. The maximum absolute atomic E-state index is 5.59. The molecule has 0 amide bonds. The summed E-state index contributed by atoms with van der Waals surface area (Å²) in [6, 6.07) is 38.5. The number of nitrogens with one attached hydrogen (secondary N) is 2. The van der Waals surface area contributed by atoms with Gasteiger partial charge in [-0.05, 0) is 71.2 Å². The minimum Gasteiger partial charge on any atom is -0.363 e. The molecule has 0 saturated heterocycles. The van der Waals surface area contributed by atoms with Crippen molar-refractivity contribution in [3.8, 4) is 11.4 Å². The Morgan fingerprint density at radius 3 is 1.43 bits per heavy atom. The van der Waals surface area contributed by atoms with Gasteiger partial charge in [-0.25, -0.2) is 9.97 Å². The lowest BCUT2D eigenvalue weighted by molar-refractivity contribution is 0.528. The molecule has 0 aliphatic rings. The fourth-order valence-electron chi connectivity index (χ4n) is 8.03. The van der Waals surface area contributed by atoms with Crippen LogP contribution in [0.5, 0.6) is 0 Å². The number of aromatic nitrogens is 6. The van der Waals surface area contributed by atoms with Gasteiger partial charge in [-0.1, -0.05) is 106 Å². The van der Waals surface area contributed by atoms with E-state index in [4.69, 9.17) is 9.97 Å². The molecule has 0 atom stereocenters. The van der Waals surface area contributed by atoms with Crippen LogP contribution in [0.2, 0.25) is 0 Å². The summed E-state index contributed by atoms with van der Waals surface area (Å²) in [5.41, 5.74) is 6.17. The number of H-pyrrole nitrogens is 2. The molecular formula is C47H50N6. The first-order chi connectivity index (χ1) is 25.2. The summed E-state index contributed by atoms with van der Waals surface area (Å²) in [5.74, 6) is 2.01. The van der Waals surface area contributed by atoms with E-state index >= 15 is 0 Å². The van der Waals surface area contributed by atoms with Crippen molar-refractivity contribution in [1.29, 1.82) is 0 Å². The topological polar surface area (TPSA) is 67.2 Å². The molecular weight excluding hydrogens is 649 g/mol. The summed E-state index contributed by atoms with van der Waals surface area (Å²) in [7, 11) is 0. The average molecular weight is 699 g/mol. The van der Waals surface area contributed by atoms with Gasteiger partial charge in [0.2, 0.25) is 0 Å². The maximum Gasteiger partial charge on any atom is 0.125 e. The number of para-hydroxylation sites is 2. The van der Waals surface area contributed by atoms with E-state index in [-0.39, 0.29) is 10.8 Å². The zero-order valence-electron chi connectivity index (χ0n) is 32.4. The number of nitrogens with zero attached hydrogens (tertiary/aromatic N) is 4. The standard InChI is InChI=1S/C47H50N6/c1-44(2,3)42-49-38(29-52(42)32-21-12-10-13-22-32)46(6,7)40-35-26-18-19-27-36(35)41(51-40)47(8,9)43-50-37(30-53(43)33-23-14-11-15-24-33)45(4,5)39-34-25-17-16-20-31(34)28-48-39/h10-30,48,51H,1-9H3. The van der Waals surface area contributed by atoms with Crippen LogP contribution in [-0.4, -0.2) is 29.1 Å². The summed E-state index contributed by atoms with van der Waals surface area (Å²) in [4.78, 5) is 18.6. The van der Waals surface area contributed by atoms with Crippen molar-refractivity contribution in [3.05, 3.63) is 168 Å². The first kappa shape index (κ1) is 34.5. The molecule has 0 bridgehead atoms. The molecule has 0 spiro atoms. The van der Waals surface area contributed by atoms with E-state index in [0.717, 1.165) is 51.5 Å². The van der Waals surface area contributed by atoms with Crippen molar-refractivity contribution in [2.45, 2.75) is 84.0 Å². The molecule has 0 fully saturated rings. The number of benzene rings is 4. The first-order valence-electron chi connectivity index (χ1n) is 18.7. The largest absolute Gasteiger partial charge is 0.363 e. The summed E-state index contributed by atoms with van der Waals surface area (Å²) < 4.78 is 4.56. The highest BCUT2D eigenvalue weighted by Crippen LogP contribution is 2.44. The zero-order valence-corrected chi connectivity index (χ0v) is 32.4. The number of imidazole rings is 2. The van der Waals surface area contributed by atoms with Gasteiger partial charge < -0.3 is 19.1 Å². The summed E-state index contributed by atoms with van der Waals surface area (Å²) in [5, 5.41) is 4.82. The molecule has 4 aromatic heterocycles. The molecule has 53 heavy (non-hydrogen) atoms. The van der Waals surface area contributed by atoms with Crippen LogP contribution in [0.15, 0.2) is 128 Å². The van der Waals surface area contributed by atoms with Crippen LogP contribution in [0.25, 0.3) is 32.9 Å². The molecule has 6 heteroatoms. The minimum atomic E-state index is -0.518. The monoisotopic (exact) mass is 698 g/mol. The van der Waals surface area contributed by atoms with Gasteiger partial charge in [0.1, 0.15) is 11.6 Å². The highest BCUT2D eigenvalue weighted by molar-refractivity contribution is 5.91. The van der Waals surface area contributed by atoms with Crippen molar-refractivity contribution in [2.24, 2.45) is 0 Å². The van der Waals surface area contributed by atoms with Crippen molar-refractivity contribution >= 4 is 21.5 Å². The van der Waals surface area contributed by atoms with Crippen LogP contribution < -0.4 is 0 Å². The summed E-state index contributed by atoms with van der Waals surface area (Å²) in [6.07, 6.45) is 6.58. The third-order valence-electron chi connectivity index (χ3n) is 11.2. The van der Waals surface area contributed by atoms with Gasteiger partial charge in [-0.3, -0.25) is 0 Å². The fourth-order valence-corrected chi connectivity index (χ4v) is 8.03. The van der Waals surface area contributed by atoms with Crippen LogP contribution in [0.4, 0.5) is 0 Å². The summed E-state index contributed by atoms with van der Waals surface area (Å²) >= 11 is 0. The Bertz CT molecular complexity index is 2560. The minimum absolute atomic E-state index is 0.151. The quantitative estimate of drug-likeness (QED) is 0.166. The van der Waals surface area contributed by atoms with Crippen LogP contribution >= 0.6 is 0 Å². The number of rotatable bonds is 8. The van der Waals surface area contributed by atoms with Crippen LogP contribution in [0.1, 0.15) is 102 Å². The number of hydrogen-bond donors (Lipinski definition) is 2. The van der Waals surface area contributed by atoms with E-state index in [0.29, 0.717) is 0 Å². The predicted octanol–water partition coefficient (Wildman–Crippen LogP) is 11.3. The second-order valence-electron chi connectivity index (χ2n) is 17.1. The molecule has 8 aromatic rings. The highest BCUT2D eigenvalue weighted by Gasteiger charge is 2.40. The third kappa shape index (κ3) is 5.63. The molecule has 0 radical (unpaired) electrons. The number of aromatic amines is 2. The van der Waals surface area contributed by atoms with E-state index in [1.165, 1.54) is 21.5 Å². The van der Waals surface area contributed by atoms with Crippen molar-refractivity contribution in [3.63, 3.8) is 0 Å². The molecule has 0 saturated carbocycles. The van der Waals surface area contributed by atoms with Gasteiger partial charge >= 0.3 is 0 Å². The molecule has 8 rings (SSSR count). The summed E-state index contributed by atoms with van der Waals surface area (Å²) in [6.45, 7) is 20.4. The van der Waals surface area contributed by atoms with Crippen LogP contribution in [0.3, 0.4) is 0 Å². The fraction of sp³-hybridized carbons (Fsp3) is 0.277. The van der Waals surface area contributed by atoms with E-state index in [1.54, 1.807) is 0 Å². The number of fused-ring (bicyclic) bond motifs is 2. The lowest BCUT2D eigenvalue weighted by Gasteiger charge is -2.26. The molecule has 4 heterocycles. The van der Waals surface area contributed by atoms with Crippen LogP contribution in [-0.2, 0) is 21.7 Å². The van der Waals surface area contributed by atoms with Crippen LogP contribution in [0, 0.1) is 0 Å². The van der Waals surface area contributed by atoms with Crippen molar-refractivity contribution < 1.29 is 0 Å². The van der Waals surface area contributed by atoms with Gasteiger partial charge in [0.25, 0.3) is 0 Å². The van der Waals surface area contributed by atoms with E-state index in [1.807, 2.05) is 0 Å². The predicted molar refractivity (Wildman–Crippen MR) is 219 cm³/mol. The van der Waals surface area contributed by atoms with Gasteiger partial charge in [-0.2, -0.15) is 0 Å². The molecule has 0 aliphatic carbocycles. The van der Waals surface area contributed by atoms with Gasteiger partial charge in [0.05, 0.1) is 16.8 Å². The molecule has 0 aliphatic heterocycles. The average Bonchev–Trinajstić information content (AvgIpc) is 3.96. The molecule has 2 N–H and O–H groups in total. The third-order valence-corrected chi connectivity index (χ3v) is 11.2. The van der Waals surface area contributed by atoms with Crippen molar-refractivity contribution in [2.75, 3.05) is 0 Å². The second kappa shape index (κ2) is 12.2. The number of hydrogen-bond acceptors (Lipinski definition) is 2. The Morgan fingerprint density at radius 1 is 0.453 bits per heavy atom. The highest BCUT2D eigenvalue weighted by atomic mass is 15.1. The van der Waals surface area contributed by atoms with Gasteiger partial charge in [0, 0.05) is 79.5 Å². The molecule has 6 nitrogen and oxygen atoms in total. The first-order valence-corrected chi connectivity index (χ1v) is 18.7. The van der Waals surface area contributed by atoms with E-state index < -0.39 is 10.8 Å². The lowest BCUT2D eigenvalue weighted by atomic mass is 9.83. The maximum atomic E-state index is 5.59. The van der Waals surface area contributed by atoms with Gasteiger partial charge in [0.15, 0.2) is 0 Å². The molecule has 0 unspecified atom stereocenters. The van der Waals surface area contributed by atoms with E-state index in [9.17, 15) is 0 Å². The Labute approximate surface area is 313 Å². The Morgan fingerprint density at radius 2 is 0.887 bits per heavy atom. The Hall–Kier alpha value is -5.62. The SMILES string of the molecule is CC(C)(C)c1nc(C(C)(C)c2[nH]c(C(C)(C)c3nc(C(C)(C)c4[nH]cc5ccccc45)cn3-c3ccccc3)c3ccccc23)cn1-c1ccccc1. The lowest BCUT2D eigenvalue weighted by Crippen LogP contribution is -2.26. The normalized spacial score (nSPS) is 13.0. The molecule has 4 aromatic carbocycles. The Kier molecular flexibility index (Phi) is 7.95. The van der Waals surface area contributed by atoms with Crippen molar-refractivity contribution in [1.82, 2.24) is 29.1 Å². The zero-order chi connectivity index (χ0) is 37.3. The second-order valence-corrected chi connectivity index (χ2v) is 17.1. The van der Waals surface area contributed by atoms with Gasteiger partial charge in [-0.15, -0.1) is 0 Å². The smallest absolute Gasteiger partial charge is 0.125 e. The van der Waals surface area contributed by atoms with E-state index in [2.05, 4.69) is 209 Å². The Balaban J connectivity index is 1.30.